The van der Waals surface area contributed by atoms with Gasteiger partial charge in [-0.05, 0) is 18.6 Å². The molecule has 0 spiro atoms. The van der Waals surface area contributed by atoms with Crippen molar-refractivity contribution in [3.05, 3.63) is 53.6 Å². The molecule has 17 heavy (non-hydrogen) atoms. The van der Waals surface area contributed by atoms with Crippen molar-refractivity contribution in [3.63, 3.8) is 0 Å². The molecule has 88 valence electrons. The Balaban J connectivity index is 2.10. The van der Waals surface area contributed by atoms with E-state index in [1.54, 1.807) is 18.5 Å². The Morgan fingerprint density at radius 3 is 2.88 bits per heavy atom. The van der Waals surface area contributed by atoms with E-state index in [9.17, 15) is 4.79 Å². The highest BCUT2D eigenvalue weighted by atomic mass is 35.5. The molecule has 0 fully saturated rings. The lowest BCUT2D eigenvalue weighted by molar-refractivity contribution is 0.239. The number of amides is 1. The van der Waals surface area contributed by atoms with Crippen LogP contribution in [0.2, 0.25) is 5.02 Å². The van der Waals surface area contributed by atoms with Crippen molar-refractivity contribution in [1.82, 2.24) is 14.9 Å². The number of nitrogens with zero attached hydrogens (tertiary/aromatic N) is 2. The lowest BCUT2D eigenvalue weighted by atomic mass is 10.1. The first kappa shape index (κ1) is 11.7. The van der Waals surface area contributed by atoms with E-state index < -0.39 is 0 Å². The molecule has 1 aromatic heterocycles. The summed E-state index contributed by atoms with van der Waals surface area (Å²) < 4.78 is 1.38. The maximum absolute atomic E-state index is 11.8. The number of rotatable bonds is 2. The van der Waals surface area contributed by atoms with E-state index in [0.29, 0.717) is 5.02 Å². The molecule has 0 bridgehead atoms. The van der Waals surface area contributed by atoms with Gasteiger partial charge < -0.3 is 5.32 Å². The topological polar surface area (TPSA) is 46.9 Å². The molecule has 1 atom stereocenters. The highest BCUT2D eigenvalue weighted by molar-refractivity contribution is 6.31. The molecule has 0 aliphatic heterocycles. The number of aromatic nitrogens is 2. The van der Waals surface area contributed by atoms with Gasteiger partial charge in [-0.1, -0.05) is 29.8 Å². The van der Waals surface area contributed by atoms with E-state index in [2.05, 4.69) is 10.3 Å². The maximum Gasteiger partial charge on any atom is 0.327 e. The zero-order valence-electron chi connectivity index (χ0n) is 9.30. The Hall–Kier alpha value is -1.81. The van der Waals surface area contributed by atoms with Gasteiger partial charge in [0.2, 0.25) is 0 Å². The van der Waals surface area contributed by atoms with Crippen LogP contribution in [0, 0.1) is 0 Å². The van der Waals surface area contributed by atoms with Crippen LogP contribution < -0.4 is 5.32 Å². The van der Waals surface area contributed by atoms with E-state index in [0.717, 1.165) is 5.56 Å². The fourth-order valence-electron chi connectivity index (χ4n) is 1.54. The molecule has 2 aromatic rings. The fourth-order valence-corrected chi connectivity index (χ4v) is 1.84. The quantitative estimate of drug-likeness (QED) is 0.890. The molecule has 1 amide bonds. The number of imidazole rings is 1. The molecule has 0 unspecified atom stereocenters. The number of carbonyl (C=O) groups is 1. The highest BCUT2D eigenvalue weighted by Crippen LogP contribution is 2.21. The molecule has 0 aliphatic rings. The third-order valence-electron chi connectivity index (χ3n) is 2.45. The lowest BCUT2D eigenvalue weighted by Crippen LogP contribution is -2.30. The molecular formula is C12H12ClN3O. The molecule has 1 heterocycles. The second-order valence-corrected chi connectivity index (χ2v) is 4.07. The SMILES string of the molecule is C[C@H](NC(=O)n1ccnc1)c1ccccc1Cl. The molecule has 0 aliphatic carbocycles. The Labute approximate surface area is 104 Å². The molecule has 1 aromatic carbocycles. The summed E-state index contributed by atoms with van der Waals surface area (Å²) in [4.78, 5) is 15.6. The zero-order valence-corrected chi connectivity index (χ0v) is 10.1. The zero-order chi connectivity index (χ0) is 12.3. The van der Waals surface area contributed by atoms with Crippen LogP contribution >= 0.6 is 11.6 Å². The number of benzene rings is 1. The number of carbonyl (C=O) groups excluding carboxylic acids is 1. The molecule has 5 heteroatoms. The summed E-state index contributed by atoms with van der Waals surface area (Å²) in [5.74, 6) is 0. The minimum atomic E-state index is -0.227. The molecule has 1 N–H and O–H groups in total. The summed E-state index contributed by atoms with van der Waals surface area (Å²) in [7, 11) is 0. The van der Waals surface area contributed by atoms with Gasteiger partial charge in [0, 0.05) is 17.4 Å². The van der Waals surface area contributed by atoms with Gasteiger partial charge in [-0.3, -0.25) is 4.57 Å². The standard InChI is InChI=1S/C12H12ClN3O/c1-9(10-4-2-3-5-11(10)13)15-12(17)16-7-6-14-8-16/h2-9H,1H3,(H,15,17)/t9-/m0/s1. The monoisotopic (exact) mass is 249 g/mol. The van der Waals surface area contributed by atoms with Gasteiger partial charge in [-0.25, -0.2) is 9.78 Å². The Morgan fingerprint density at radius 1 is 1.47 bits per heavy atom. The van der Waals surface area contributed by atoms with Crippen LogP contribution in [-0.4, -0.2) is 15.6 Å². The van der Waals surface area contributed by atoms with Gasteiger partial charge in [0.05, 0.1) is 6.04 Å². The first-order chi connectivity index (χ1) is 8.18. The van der Waals surface area contributed by atoms with Crippen LogP contribution in [0.15, 0.2) is 43.0 Å². The number of halogens is 1. The van der Waals surface area contributed by atoms with Gasteiger partial charge in [0.25, 0.3) is 0 Å². The first-order valence-electron chi connectivity index (χ1n) is 5.21. The van der Waals surface area contributed by atoms with Gasteiger partial charge >= 0.3 is 6.03 Å². The fraction of sp³-hybridized carbons (Fsp3) is 0.167. The van der Waals surface area contributed by atoms with Crippen molar-refractivity contribution >= 4 is 17.6 Å². The van der Waals surface area contributed by atoms with Crippen molar-refractivity contribution in [2.45, 2.75) is 13.0 Å². The molecule has 0 saturated heterocycles. The number of hydrogen-bond donors (Lipinski definition) is 1. The Bertz CT molecular complexity index is 510. The molecule has 4 nitrogen and oxygen atoms in total. The summed E-state index contributed by atoms with van der Waals surface area (Å²) in [6, 6.07) is 7.06. The average molecular weight is 250 g/mol. The van der Waals surface area contributed by atoms with Crippen LogP contribution in [0.1, 0.15) is 18.5 Å². The van der Waals surface area contributed by atoms with Crippen molar-refractivity contribution in [1.29, 1.82) is 0 Å². The largest absolute Gasteiger partial charge is 0.331 e. The molecule has 2 rings (SSSR count). The van der Waals surface area contributed by atoms with Crippen LogP contribution in [0.4, 0.5) is 4.79 Å². The van der Waals surface area contributed by atoms with E-state index in [1.165, 1.54) is 10.9 Å². The van der Waals surface area contributed by atoms with Gasteiger partial charge in [0.1, 0.15) is 6.33 Å². The Kier molecular flexibility index (Phi) is 3.44. The van der Waals surface area contributed by atoms with Crippen molar-refractivity contribution in [2.24, 2.45) is 0 Å². The van der Waals surface area contributed by atoms with Gasteiger partial charge in [-0.15, -0.1) is 0 Å². The minimum absolute atomic E-state index is 0.154. The van der Waals surface area contributed by atoms with Crippen LogP contribution in [0.5, 0.6) is 0 Å². The van der Waals surface area contributed by atoms with E-state index in [-0.39, 0.29) is 12.1 Å². The molecular weight excluding hydrogens is 238 g/mol. The van der Waals surface area contributed by atoms with Crippen LogP contribution in [-0.2, 0) is 0 Å². The highest BCUT2D eigenvalue weighted by Gasteiger charge is 2.12. The lowest BCUT2D eigenvalue weighted by Gasteiger charge is -2.15. The minimum Gasteiger partial charge on any atom is -0.331 e. The second kappa shape index (κ2) is 5.01. The summed E-state index contributed by atoms with van der Waals surface area (Å²) in [5, 5.41) is 3.48. The number of nitrogens with one attached hydrogen (secondary N) is 1. The van der Waals surface area contributed by atoms with Crippen molar-refractivity contribution in [3.8, 4) is 0 Å². The predicted octanol–water partition coefficient (Wildman–Crippen LogP) is 2.86. The van der Waals surface area contributed by atoms with Crippen LogP contribution in [0.3, 0.4) is 0 Å². The van der Waals surface area contributed by atoms with Crippen molar-refractivity contribution < 1.29 is 4.79 Å². The molecule has 0 radical (unpaired) electrons. The third kappa shape index (κ3) is 2.65. The first-order valence-corrected chi connectivity index (χ1v) is 5.59. The predicted molar refractivity (Wildman–Crippen MR) is 66.0 cm³/mol. The van der Waals surface area contributed by atoms with Gasteiger partial charge in [-0.2, -0.15) is 0 Å². The van der Waals surface area contributed by atoms with E-state index in [1.807, 2.05) is 25.1 Å². The molecule has 0 saturated carbocycles. The maximum atomic E-state index is 11.8. The number of hydrogen-bond acceptors (Lipinski definition) is 2. The second-order valence-electron chi connectivity index (χ2n) is 3.66. The van der Waals surface area contributed by atoms with E-state index in [4.69, 9.17) is 11.6 Å². The smallest absolute Gasteiger partial charge is 0.327 e. The van der Waals surface area contributed by atoms with Gasteiger partial charge in [0.15, 0.2) is 0 Å². The van der Waals surface area contributed by atoms with Crippen molar-refractivity contribution in [2.75, 3.05) is 0 Å². The summed E-state index contributed by atoms with van der Waals surface area (Å²) >= 11 is 6.06. The summed E-state index contributed by atoms with van der Waals surface area (Å²) in [5.41, 5.74) is 0.891. The average Bonchev–Trinajstić information content (AvgIpc) is 2.82. The summed E-state index contributed by atoms with van der Waals surface area (Å²) in [6.45, 7) is 1.88. The Morgan fingerprint density at radius 2 is 2.24 bits per heavy atom. The third-order valence-corrected chi connectivity index (χ3v) is 2.79. The summed E-state index contributed by atoms with van der Waals surface area (Å²) in [6.07, 6.45) is 4.60. The van der Waals surface area contributed by atoms with Crippen LogP contribution in [0.25, 0.3) is 0 Å². The normalized spacial score (nSPS) is 12.1. The van der Waals surface area contributed by atoms with E-state index >= 15 is 0 Å².